The van der Waals surface area contributed by atoms with Gasteiger partial charge in [0.1, 0.15) is 0 Å². The van der Waals surface area contributed by atoms with Gasteiger partial charge < -0.3 is 9.32 Å². The molecule has 1 N–H and O–H groups in total. The summed E-state index contributed by atoms with van der Waals surface area (Å²) in [6.45, 7) is 0.830. The fourth-order valence-corrected chi connectivity index (χ4v) is 3.94. The molecule has 0 saturated heterocycles. The molecule has 0 unspecified atom stereocenters. The minimum absolute atomic E-state index is 0.000636. The second-order valence-electron chi connectivity index (χ2n) is 6.30. The van der Waals surface area contributed by atoms with Crippen LogP contribution in [-0.4, -0.2) is 26.3 Å². The van der Waals surface area contributed by atoms with Gasteiger partial charge in [0.15, 0.2) is 5.76 Å². The van der Waals surface area contributed by atoms with Crippen molar-refractivity contribution in [1.29, 1.82) is 0 Å². The fourth-order valence-electron chi connectivity index (χ4n) is 3.29. The zero-order chi connectivity index (χ0) is 19.0. The maximum Gasteiger partial charge on any atom is 0.290 e. The van der Waals surface area contributed by atoms with E-state index in [0.717, 1.165) is 22.3 Å². The number of nitrogens with zero attached hydrogens (tertiary/aromatic N) is 1. The molecule has 1 aromatic heterocycles. The van der Waals surface area contributed by atoms with Crippen LogP contribution in [0.1, 0.15) is 21.7 Å². The van der Waals surface area contributed by atoms with Crippen LogP contribution in [0.15, 0.2) is 70.2 Å². The summed E-state index contributed by atoms with van der Waals surface area (Å²) in [5, 5.41) is -0.274. The topological polar surface area (TPSA) is 79.6 Å². The number of fused-ring (bicyclic) bond motifs is 3. The minimum Gasteiger partial charge on any atom is -0.438 e. The lowest BCUT2D eigenvalue weighted by Gasteiger charge is -2.20. The van der Waals surface area contributed by atoms with E-state index < -0.39 is 10.0 Å². The predicted molar refractivity (Wildman–Crippen MR) is 100 cm³/mol. The molecule has 3 aromatic rings. The summed E-state index contributed by atoms with van der Waals surface area (Å²) in [7, 11) is -2.44. The molecule has 0 fully saturated rings. The minimum atomic E-state index is -3.73. The summed E-state index contributed by atoms with van der Waals surface area (Å²) in [6, 6.07) is 18.6. The van der Waals surface area contributed by atoms with E-state index in [1.165, 1.54) is 19.2 Å². The van der Waals surface area contributed by atoms with Gasteiger partial charge in [0.05, 0.1) is 0 Å². The SMILES string of the molecule is CNS(=O)(=O)c1ccc(C(=O)N2Cc3ccccc3-c3ccccc3C2)o1. The van der Waals surface area contributed by atoms with Crippen molar-refractivity contribution < 1.29 is 17.6 Å². The quantitative estimate of drug-likeness (QED) is 0.755. The first-order valence-corrected chi connectivity index (χ1v) is 9.97. The third kappa shape index (κ3) is 3.15. The summed E-state index contributed by atoms with van der Waals surface area (Å²) in [6.07, 6.45) is 0. The molecule has 0 saturated carbocycles. The van der Waals surface area contributed by atoms with Crippen molar-refractivity contribution in [1.82, 2.24) is 9.62 Å². The van der Waals surface area contributed by atoms with Crippen LogP contribution in [0, 0.1) is 0 Å². The number of hydrogen-bond donors (Lipinski definition) is 1. The van der Waals surface area contributed by atoms with Gasteiger partial charge in [-0.3, -0.25) is 4.79 Å². The molecule has 7 heteroatoms. The Morgan fingerprint density at radius 2 is 1.48 bits per heavy atom. The number of sulfonamides is 1. The maximum absolute atomic E-state index is 13.0. The van der Waals surface area contributed by atoms with E-state index in [9.17, 15) is 13.2 Å². The number of carbonyl (C=O) groups excluding carboxylic acids is 1. The van der Waals surface area contributed by atoms with Gasteiger partial charge in [-0.05, 0) is 41.4 Å². The van der Waals surface area contributed by atoms with E-state index in [0.29, 0.717) is 13.1 Å². The van der Waals surface area contributed by atoms with Crippen LogP contribution in [0.25, 0.3) is 11.1 Å². The molecule has 27 heavy (non-hydrogen) atoms. The van der Waals surface area contributed by atoms with Crippen LogP contribution >= 0.6 is 0 Å². The average molecular weight is 382 g/mol. The fraction of sp³-hybridized carbons (Fsp3) is 0.150. The number of benzene rings is 2. The Hall–Kier alpha value is -2.90. The van der Waals surface area contributed by atoms with Crippen molar-refractivity contribution in [3.63, 3.8) is 0 Å². The molecule has 0 atom stereocenters. The summed E-state index contributed by atoms with van der Waals surface area (Å²) >= 11 is 0. The third-order valence-electron chi connectivity index (χ3n) is 4.66. The molecule has 138 valence electrons. The Balaban J connectivity index is 1.72. The lowest BCUT2D eigenvalue weighted by Crippen LogP contribution is -2.29. The first-order valence-electron chi connectivity index (χ1n) is 8.48. The van der Waals surface area contributed by atoms with Crippen LogP contribution in [0.2, 0.25) is 0 Å². The number of rotatable bonds is 3. The molecule has 1 aliphatic heterocycles. The average Bonchev–Trinajstić information content (AvgIpc) is 3.12. The van der Waals surface area contributed by atoms with Crippen molar-refractivity contribution >= 4 is 15.9 Å². The Morgan fingerprint density at radius 3 is 2.04 bits per heavy atom. The smallest absolute Gasteiger partial charge is 0.290 e. The van der Waals surface area contributed by atoms with E-state index in [1.54, 1.807) is 4.90 Å². The number of furan rings is 1. The molecular formula is C20H18N2O4S. The van der Waals surface area contributed by atoms with Crippen molar-refractivity contribution in [3.8, 4) is 11.1 Å². The number of hydrogen-bond acceptors (Lipinski definition) is 4. The molecule has 4 rings (SSSR count). The molecule has 0 radical (unpaired) electrons. The summed E-state index contributed by atoms with van der Waals surface area (Å²) in [5.41, 5.74) is 4.26. The number of carbonyl (C=O) groups is 1. The largest absolute Gasteiger partial charge is 0.438 e. The monoisotopic (exact) mass is 382 g/mol. The van der Waals surface area contributed by atoms with Crippen LogP contribution in [0.3, 0.4) is 0 Å². The lowest BCUT2D eigenvalue weighted by molar-refractivity contribution is 0.0694. The Morgan fingerprint density at radius 1 is 0.926 bits per heavy atom. The van der Waals surface area contributed by atoms with Gasteiger partial charge in [-0.25, -0.2) is 13.1 Å². The first-order chi connectivity index (χ1) is 13.0. The predicted octanol–water partition coefficient (Wildman–Crippen LogP) is 3.01. The van der Waals surface area contributed by atoms with Crippen LogP contribution in [-0.2, 0) is 23.1 Å². The van der Waals surface area contributed by atoms with Gasteiger partial charge in [0.2, 0.25) is 5.09 Å². The highest BCUT2D eigenvalue weighted by Crippen LogP contribution is 2.33. The Labute approximate surface area is 157 Å². The van der Waals surface area contributed by atoms with Gasteiger partial charge in [-0.15, -0.1) is 0 Å². The van der Waals surface area contributed by atoms with Gasteiger partial charge >= 0.3 is 0 Å². The first kappa shape index (κ1) is 17.5. The Bertz CT molecular complexity index is 1070. The van der Waals surface area contributed by atoms with E-state index >= 15 is 0 Å². The van der Waals surface area contributed by atoms with Gasteiger partial charge in [-0.2, -0.15) is 0 Å². The molecule has 1 amide bonds. The Kier molecular flexibility index (Phi) is 4.33. The third-order valence-corrected chi connectivity index (χ3v) is 5.95. The van der Waals surface area contributed by atoms with Gasteiger partial charge in [0, 0.05) is 13.1 Å². The van der Waals surface area contributed by atoms with E-state index in [-0.39, 0.29) is 16.8 Å². The molecule has 0 bridgehead atoms. The normalized spacial score (nSPS) is 13.6. The molecule has 0 aliphatic carbocycles. The molecular weight excluding hydrogens is 364 g/mol. The zero-order valence-corrected chi connectivity index (χ0v) is 15.5. The molecule has 2 heterocycles. The summed E-state index contributed by atoms with van der Waals surface area (Å²) < 4.78 is 31.2. The van der Waals surface area contributed by atoms with Crippen LogP contribution < -0.4 is 4.72 Å². The summed E-state index contributed by atoms with van der Waals surface area (Å²) in [5.74, 6) is -0.347. The van der Waals surface area contributed by atoms with E-state index in [4.69, 9.17) is 4.42 Å². The highest BCUT2D eigenvalue weighted by atomic mass is 32.2. The van der Waals surface area contributed by atoms with E-state index in [2.05, 4.69) is 4.72 Å². The number of amides is 1. The van der Waals surface area contributed by atoms with Gasteiger partial charge in [0.25, 0.3) is 15.9 Å². The second kappa shape index (κ2) is 6.68. The van der Waals surface area contributed by atoms with Crippen molar-refractivity contribution in [3.05, 3.63) is 77.6 Å². The van der Waals surface area contributed by atoms with Crippen LogP contribution in [0.5, 0.6) is 0 Å². The van der Waals surface area contributed by atoms with Gasteiger partial charge in [-0.1, -0.05) is 48.5 Å². The van der Waals surface area contributed by atoms with E-state index in [1.807, 2.05) is 48.5 Å². The second-order valence-corrected chi connectivity index (χ2v) is 8.12. The highest BCUT2D eigenvalue weighted by molar-refractivity contribution is 7.89. The molecule has 0 spiro atoms. The standard InChI is InChI=1S/C20H18N2O4S/c1-21-27(24,25)19-11-10-18(26-19)20(23)22-12-14-6-2-4-8-16(14)17-9-5-3-7-15(17)13-22/h2-11,21H,12-13H2,1H3. The molecule has 2 aromatic carbocycles. The molecule has 1 aliphatic rings. The number of nitrogens with one attached hydrogen (secondary N) is 1. The van der Waals surface area contributed by atoms with Crippen molar-refractivity contribution in [2.45, 2.75) is 18.2 Å². The zero-order valence-electron chi connectivity index (χ0n) is 14.7. The molecule has 6 nitrogen and oxygen atoms in total. The maximum atomic E-state index is 13.0. The van der Waals surface area contributed by atoms with Crippen molar-refractivity contribution in [2.75, 3.05) is 7.05 Å². The lowest BCUT2D eigenvalue weighted by atomic mass is 9.97. The summed E-state index contributed by atoms with van der Waals surface area (Å²) in [4.78, 5) is 14.7. The van der Waals surface area contributed by atoms with Crippen LogP contribution in [0.4, 0.5) is 0 Å². The van der Waals surface area contributed by atoms with Crippen molar-refractivity contribution in [2.24, 2.45) is 0 Å². The highest BCUT2D eigenvalue weighted by Gasteiger charge is 2.26.